The minimum atomic E-state index is -0.224. The van der Waals surface area contributed by atoms with Gasteiger partial charge in [0, 0.05) is 0 Å². The van der Waals surface area contributed by atoms with Crippen LogP contribution in [0, 0.1) is 11.8 Å². The van der Waals surface area contributed by atoms with Crippen LogP contribution in [0.15, 0.2) is 48.5 Å². The van der Waals surface area contributed by atoms with E-state index >= 15 is 0 Å². The monoisotopic (exact) mass is 565 g/mol. The van der Waals surface area contributed by atoms with Crippen LogP contribution < -0.4 is 25.9 Å². The van der Waals surface area contributed by atoms with Gasteiger partial charge in [-0.1, -0.05) is 0 Å². The number of carbonyl (C=O) groups is 1. The average molecular weight is 566 g/mol. The van der Waals surface area contributed by atoms with Crippen molar-refractivity contribution in [3.63, 3.8) is 0 Å². The number of alkyl halides is 2. The zero-order valence-corrected chi connectivity index (χ0v) is 23.3. The molecule has 184 valence electrons. The molecule has 2 rings (SSSR count). The molecule has 4 heteroatoms. The summed E-state index contributed by atoms with van der Waals surface area (Å²) < 4.78 is 7.50. The Bertz CT molecular complexity index is 835. The van der Waals surface area contributed by atoms with Crippen molar-refractivity contribution in [2.45, 2.75) is 87.6 Å². The Hall–Kier alpha value is -1.40. The van der Waals surface area contributed by atoms with E-state index < -0.39 is 0 Å². The number of hydrogen-bond donors (Lipinski definition) is 1. The second-order valence-electron chi connectivity index (χ2n) is 9.87. The van der Waals surface area contributed by atoms with Gasteiger partial charge in [0.2, 0.25) is 0 Å². The molecule has 0 saturated heterocycles. The molecule has 0 heterocycles. The molecule has 33 heavy (non-hydrogen) atoms. The molecular weight excluding hydrogens is 523 g/mol. The van der Waals surface area contributed by atoms with Gasteiger partial charge in [0.25, 0.3) is 0 Å². The number of hydrogen-bond acceptors (Lipinski definition) is 3. The average Bonchev–Trinajstić information content (AvgIpc) is 2.76. The van der Waals surface area contributed by atoms with Crippen molar-refractivity contribution in [1.82, 2.24) is 0 Å². The number of aliphatic hydroxyl groups is 1. The summed E-state index contributed by atoms with van der Waals surface area (Å²) in [5.74, 6) is 1.07. The molecular formula is C29H42IO3-. The third-order valence-corrected chi connectivity index (χ3v) is 9.27. The number of rotatable bonds is 13. The van der Waals surface area contributed by atoms with Crippen molar-refractivity contribution in [1.29, 1.82) is 0 Å². The van der Waals surface area contributed by atoms with Gasteiger partial charge in [0.1, 0.15) is 0 Å². The molecule has 0 aliphatic carbocycles. The molecule has 0 aliphatic heterocycles. The van der Waals surface area contributed by atoms with Crippen molar-refractivity contribution in [3.8, 4) is 5.75 Å². The first-order chi connectivity index (χ1) is 15.7. The van der Waals surface area contributed by atoms with Crippen molar-refractivity contribution >= 4 is 5.97 Å². The van der Waals surface area contributed by atoms with Crippen LogP contribution >= 0.6 is 0 Å². The summed E-state index contributed by atoms with van der Waals surface area (Å²) in [5, 5.41) is 9.79. The molecule has 0 aliphatic rings. The molecule has 2 atom stereocenters. The fourth-order valence-corrected chi connectivity index (χ4v) is 8.26. The minimum absolute atomic E-state index is 0.0256. The van der Waals surface area contributed by atoms with Crippen LogP contribution in [0.25, 0.3) is 0 Å². The Morgan fingerprint density at radius 2 is 1.67 bits per heavy atom. The van der Waals surface area contributed by atoms with E-state index in [0.29, 0.717) is 5.75 Å². The second-order valence-corrected chi connectivity index (χ2v) is 14.8. The SMILES string of the molecule is CC(C)CC(CCC[C@H](c1ccccc1)c1cc(CO)ccc1OC(=O)C(C)C)[I-]C(C)C. The van der Waals surface area contributed by atoms with E-state index in [-0.39, 0.29) is 45.6 Å². The van der Waals surface area contributed by atoms with Gasteiger partial charge in [-0.05, 0) is 0 Å². The molecule has 3 nitrogen and oxygen atoms in total. The quantitative estimate of drug-likeness (QED) is 0.173. The van der Waals surface area contributed by atoms with Gasteiger partial charge in [-0.15, -0.1) is 0 Å². The molecule has 2 aromatic rings. The van der Waals surface area contributed by atoms with E-state index in [9.17, 15) is 9.90 Å². The van der Waals surface area contributed by atoms with E-state index in [4.69, 9.17) is 4.74 Å². The normalized spacial score (nSPS) is 13.6. The number of halogens is 1. The standard InChI is InChI=1S/C29H42IO3/c1-20(2)17-25(30-22(5)6)13-10-14-26(24-11-8-7-9-12-24)27-18-23(19-31)15-16-28(27)33-29(32)21(3)4/h7-9,11-12,15-16,18,20-22,25-26,31H,10,13-14,17,19H2,1-6H3/q-1/t25?,26-/m1/s1. The maximum absolute atomic E-state index is 12.4. The Labute approximate surface area is 211 Å². The number of esters is 1. The first-order valence-corrected chi connectivity index (χ1v) is 14.8. The van der Waals surface area contributed by atoms with E-state index in [1.807, 2.05) is 38.1 Å². The molecule has 2 aromatic carbocycles. The van der Waals surface area contributed by atoms with E-state index in [0.717, 1.165) is 37.7 Å². The van der Waals surface area contributed by atoms with Gasteiger partial charge < -0.3 is 0 Å². The van der Waals surface area contributed by atoms with Gasteiger partial charge in [-0.3, -0.25) is 0 Å². The first kappa shape index (κ1) is 27.8. The van der Waals surface area contributed by atoms with Crippen molar-refractivity contribution in [2.24, 2.45) is 11.8 Å². The third kappa shape index (κ3) is 9.40. The number of ether oxygens (including phenoxy) is 1. The third-order valence-electron chi connectivity index (χ3n) is 5.68. The van der Waals surface area contributed by atoms with Crippen LogP contribution in [0.5, 0.6) is 5.75 Å². The van der Waals surface area contributed by atoms with Gasteiger partial charge in [0.05, 0.1) is 0 Å². The predicted molar refractivity (Wildman–Crippen MR) is 133 cm³/mol. The van der Waals surface area contributed by atoms with Crippen LogP contribution in [-0.2, 0) is 11.4 Å². The summed E-state index contributed by atoms with van der Waals surface area (Å²) in [5.41, 5.74) is 3.08. The second kappa shape index (κ2) is 14.1. The zero-order valence-electron chi connectivity index (χ0n) is 21.2. The number of carbonyl (C=O) groups excluding carboxylic acids is 1. The molecule has 0 spiro atoms. The van der Waals surface area contributed by atoms with Crippen molar-refractivity contribution in [3.05, 3.63) is 65.2 Å². The van der Waals surface area contributed by atoms with Crippen LogP contribution in [0.3, 0.4) is 0 Å². The molecule has 0 saturated carbocycles. The molecule has 1 N–H and O–H groups in total. The van der Waals surface area contributed by atoms with Crippen LogP contribution in [0.1, 0.15) is 89.8 Å². The molecule has 0 radical (unpaired) electrons. The summed E-state index contributed by atoms with van der Waals surface area (Å²) in [6.45, 7) is 13.1. The summed E-state index contributed by atoms with van der Waals surface area (Å²) in [4.78, 5) is 12.4. The topological polar surface area (TPSA) is 46.5 Å². The molecule has 0 bridgehead atoms. The van der Waals surface area contributed by atoms with Crippen LogP contribution in [0.2, 0.25) is 0 Å². The van der Waals surface area contributed by atoms with Gasteiger partial charge >= 0.3 is 212 Å². The molecule has 0 amide bonds. The summed E-state index contributed by atoms with van der Waals surface area (Å²) >= 11 is 0.186. The summed E-state index contributed by atoms with van der Waals surface area (Å²) in [6.07, 6.45) is 4.72. The van der Waals surface area contributed by atoms with E-state index in [2.05, 4.69) is 52.0 Å². The van der Waals surface area contributed by atoms with Gasteiger partial charge in [-0.25, -0.2) is 0 Å². The Kier molecular flexibility index (Phi) is 11.9. The predicted octanol–water partition coefficient (Wildman–Crippen LogP) is 3.95. The fourth-order valence-electron chi connectivity index (χ4n) is 4.12. The maximum atomic E-state index is 12.4. The van der Waals surface area contributed by atoms with Gasteiger partial charge in [0.15, 0.2) is 0 Å². The van der Waals surface area contributed by atoms with Gasteiger partial charge in [-0.2, -0.15) is 0 Å². The Balaban J connectivity index is 2.33. The van der Waals surface area contributed by atoms with Crippen LogP contribution in [0.4, 0.5) is 0 Å². The number of benzene rings is 2. The Morgan fingerprint density at radius 1 is 0.970 bits per heavy atom. The van der Waals surface area contributed by atoms with Crippen LogP contribution in [-0.4, -0.2) is 18.9 Å². The van der Waals surface area contributed by atoms with Crippen molar-refractivity contribution in [2.75, 3.05) is 0 Å². The summed E-state index contributed by atoms with van der Waals surface area (Å²) in [6, 6.07) is 16.2. The van der Waals surface area contributed by atoms with E-state index in [1.165, 1.54) is 18.4 Å². The fraction of sp³-hybridized carbons (Fsp3) is 0.552. The Morgan fingerprint density at radius 3 is 2.24 bits per heavy atom. The molecule has 0 aromatic heterocycles. The summed E-state index contributed by atoms with van der Waals surface area (Å²) in [7, 11) is 0. The van der Waals surface area contributed by atoms with Crippen molar-refractivity contribution < 1.29 is 35.8 Å². The zero-order chi connectivity index (χ0) is 24.4. The molecule has 0 fully saturated rings. The molecule has 1 unspecified atom stereocenters. The first-order valence-electron chi connectivity index (χ1n) is 12.3. The van der Waals surface area contributed by atoms with E-state index in [1.54, 1.807) is 0 Å². The number of aliphatic hydroxyl groups excluding tert-OH is 1.